The number of fused-ring (bicyclic) bond motifs is 1. The van der Waals surface area contributed by atoms with Crippen molar-refractivity contribution in [3.8, 4) is 5.75 Å². The summed E-state index contributed by atoms with van der Waals surface area (Å²) in [6.45, 7) is 1.84. The monoisotopic (exact) mass is 233 g/mol. The third kappa shape index (κ3) is 2.17. The molecule has 2 unspecified atom stereocenters. The summed E-state index contributed by atoms with van der Waals surface area (Å²) >= 11 is 0. The minimum atomic E-state index is 0.386. The van der Waals surface area contributed by atoms with Gasteiger partial charge in [0.25, 0.3) is 0 Å². The molecule has 1 aliphatic heterocycles. The van der Waals surface area contributed by atoms with E-state index in [4.69, 9.17) is 4.74 Å². The molecule has 0 saturated carbocycles. The Morgan fingerprint density at radius 2 is 2.29 bits per heavy atom. The van der Waals surface area contributed by atoms with E-state index in [9.17, 15) is 5.11 Å². The Morgan fingerprint density at radius 3 is 3.12 bits per heavy atom. The van der Waals surface area contributed by atoms with Crippen LogP contribution in [0.3, 0.4) is 0 Å². The van der Waals surface area contributed by atoms with Gasteiger partial charge in [0.1, 0.15) is 5.75 Å². The summed E-state index contributed by atoms with van der Waals surface area (Å²) in [5.74, 6) is 0.448. The fourth-order valence-electron chi connectivity index (χ4n) is 2.93. The van der Waals surface area contributed by atoms with Gasteiger partial charge < -0.3 is 15.2 Å². The standard InChI is InChI=1S/C14H19NO2/c16-14-5-1-4-11-12(14)6-7-13(11)15-9-10-3-2-8-17-10/h1,4-5,10,13,15-16H,2-3,6-9H2. The molecule has 0 bridgehead atoms. The molecule has 1 aromatic carbocycles. The molecule has 3 nitrogen and oxygen atoms in total. The molecule has 3 heteroatoms. The number of phenols is 1. The fraction of sp³-hybridized carbons (Fsp3) is 0.571. The molecule has 1 fully saturated rings. The van der Waals surface area contributed by atoms with Gasteiger partial charge in [-0.25, -0.2) is 0 Å². The van der Waals surface area contributed by atoms with Crippen LogP contribution in [0.2, 0.25) is 0 Å². The SMILES string of the molecule is Oc1cccc2c1CCC2NCC1CCCO1. The van der Waals surface area contributed by atoms with Crippen LogP contribution >= 0.6 is 0 Å². The van der Waals surface area contributed by atoms with Gasteiger partial charge >= 0.3 is 0 Å². The predicted octanol–water partition coefficient (Wildman–Crippen LogP) is 2.15. The quantitative estimate of drug-likeness (QED) is 0.840. The van der Waals surface area contributed by atoms with E-state index in [2.05, 4.69) is 11.4 Å². The third-order valence-corrected chi connectivity index (χ3v) is 3.86. The van der Waals surface area contributed by atoms with E-state index in [-0.39, 0.29) is 0 Å². The average Bonchev–Trinajstić information content (AvgIpc) is 2.95. The van der Waals surface area contributed by atoms with Gasteiger partial charge in [0.15, 0.2) is 0 Å². The van der Waals surface area contributed by atoms with Gasteiger partial charge in [0.05, 0.1) is 6.10 Å². The maximum absolute atomic E-state index is 9.78. The molecule has 2 N–H and O–H groups in total. The molecule has 1 aliphatic carbocycles. The van der Waals surface area contributed by atoms with Crippen LogP contribution in [0, 0.1) is 0 Å². The first-order valence-corrected chi connectivity index (χ1v) is 6.50. The lowest BCUT2D eigenvalue weighted by Crippen LogP contribution is -2.29. The van der Waals surface area contributed by atoms with Gasteiger partial charge in [-0.3, -0.25) is 0 Å². The number of aromatic hydroxyl groups is 1. The topological polar surface area (TPSA) is 41.5 Å². The van der Waals surface area contributed by atoms with Gasteiger partial charge in [0, 0.05) is 19.2 Å². The minimum absolute atomic E-state index is 0.386. The van der Waals surface area contributed by atoms with Crippen molar-refractivity contribution >= 4 is 0 Å². The zero-order valence-electron chi connectivity index (χ0n) is 9.98. The lowest BCUT2D eigenvalue weighted by molar-refractivity contribution is 0.107. The Balaban J connectivity index is 1.65. The van der Waals surface area contributed by atoms with Gasteiger partial charge in [-0.2, -0.15) is 0 Å². The maximum Gasteiger partial charge on any atom is 0.119 e. The Labute approximate surface area is 102 Å². The molecule has 0 radical (unpaired) electrons. The highest BCUT2D eigenvalue weighted by Gasteiger charge is 2.25. The Kier molecular flexibility index (Phi) is 3.04. The molecule has 0 amide bonds. The van der Waals surface area contributed by atoms with Crippen molar-refractivity contribution in [2.45, 2.75) is 37.8 Å². The third-order valence-electron chi connectivity index (χ3n) is 3.86. The number of hydrogen-bond donors (Lipinski definition) is 2. The summed E-state index contributed by atoms with van der Waals surface area (Å²) in [4.78, 5) is 0. The van der Waals surface area contributed by atoms with Crippen molar-refractivity contribution in [3.63, 3.8) is 0 Å². The van der Waals surface area contributed by atoms with Crippen LogP contribution in [0.1, 0.15) is 36.4 Å². The van der Waals surface area contributed by atoms with Crippen LogP contribution in [0.15, 0.2) is 18.2 Å². The Bertz CT molecular complexity index is 399. The molecule has 0 aromatic heterocycles. The summed E-state index contributed by atoms with van der Waals surface area (Å²) < 4.78 is 5.61. The number of phenolic OH excluding ortho intramolecular Hbond substituents is 1. The summed E-state index contributed by atoms with van der Waals surface area (Å²) in [5.41, 5.74) is 2.39. The van der Waals surface area contributed by atoms with Crippen molar-refractivity contribution < 1.29 is 9.84 Å². The van der Waals surface area contributed by atoms with E-state index in [0.717, 1.165) is 31.6 Å². The second-order valence-corrected chi connectivity index (χ2v) is 4.98. The Hall–Kier alpha value is -1.06. The van der Waals surface area contributed by atoms with Crippen LogP contribution in [0.4, 0.5) is 0 Å². The molecule has 17 heavy (non-hydrogen) atoms. The van der Waals surface area contributed by atoms with Crippen molar-refractivity contribution in [3.05, 3.63) is 29.3 Å². The molecule has 1 saturated heterocycles. The van der Waals surface area contributed by atoms with E-state index >= 15 is 0 Å². The first-order valence-electron chi connectivity index (χ1n) is 6.50. The highest BCUT2D eigenvalue weighted by Crippen LogP contribution is 2.36. The summed E-state index contributed by atoms with van der Waals surface area (Å²) in [6.07, 6.45) is 4.81. The van der Waals surface area contributed by atoms with Crippen LogP contribution in [0.25, 0.3) is 0 Å². The van der Waals surface area contributed by atoms with E-state index < -0.39 is 0 Å². The first kappa shape index (κ1) is 11.1. The van der Waals surface area contributed by atoms with Crippen LogP contribution in [-0.2, 0) is 11.2 Å². The number of rotatable bonds is 3. The molecule has 1 heterocycles. The van der Waals surface area contributed by atoms with E-state index in [1.807, 2.05) is 6.07 Å². The van der Waals surface area contributed by atoms with E-state index in [1.54, 1.807) is 6.07 Å². The zero-order valence-corrected chi connectivity index (χ0v) is 9.98. The molecule has 2 aliphatic rings. The van der Waals surface area contributed by atoms with Crippen LogP contribution in [-0.4, -0.2) is 24.4 Å². The average molecular weight is 233 g/mol. The number of ether oxygens (including phenoxy) is 1. The molecule has 1 aromatic rings. The zero-order chi connectivity index (χ0) is 11.7. The van der Waals surface area contributed by atoms with Crippen molar-refractivity contribution in [2.24, 2.45) is 0 Å². The molecule has 2 atom stereocenters. The molecule has 92 valence electrons. The lowest BCUT2D eigenvalue weighted by Gasteiger charge is -2.17. The molecular weight excluding hydrogens is 214 g/mol. The smallest absolute Gasteiger partial charge is 0.119 e. The molecular formula is C14H19NO2. The number of hydrogen-bond acceptors (Lipinski definition) is 3. The van der Waals surface area contributed by atoms with Crippen LogP contribution in [0.5, 0.6) is 5.75 Å². The normalized spacial score (nSPS) is 27.3. The van der Waals surface area contributed by atoms with Gasteiger partial charge in [0.2, 0.25) is 0 Å². The Morgan fingerprint density at radius 1 is 1.35 bits per heavy atom. The first-order chi connectivity index (χ1) is 8.34. The van der Waals surface area contributed by atoms with E-state index in [0.29, 0.717) is 17.9 Å². The maximum atomic E-state index is 9.78. The second kappa shape index (κ2) is 4.67. The van der Waals surface area contributed by atoms with Gasteiger partial charge in [-0.05, 0) is 42.9 Å². The number of benzene rings is 1. The lowest BCUT2D eigenvalue weighted by atomic mass is 10.1. The van der Waals surface area contributed by atoms with Gasteiger partial charge in [-0.1, -0.05) is 12.1 Å². The fourth-order valence-corrected chi connectivity index (χ4v) is 2.93. The van der Waals surface area contributed by atoms with Crippen molar-refractivity contribution in [2.75, 3.05) is 13.2 Å². The van der Waals surface area contributed by atoms with Crippen molar-refractivity contribution in [1.82, 2.24) is 5.32 Å². The minimum Gasteiger partial charge on any atom is -0.508 e. The molecule has 3 rings (SSSR count). The summed E-state index contributed by atoms with van der Waals surface area (Å²) in [7, 11) is 0. The highest BCUT2D eigenvalue weighted by atomic mass is 16.5. The summed E-state index contributed by atoms with van der Waals surface area (Å²) in [5, 5.41) is 13.3. The molecule has 0 spiro atoms. The van der Waals surface area contributed by atoms with Gasteiger partial charge in [-0.15, -0.1) is 0 Å². The number of nitrogens with one attached hydrogen (secondary N) is 1. The largest absolute Gasteiger partial charge is 0.508 e. The second-order valence-electron chi connectivity index (χ2n) is 4.98. The summed E-state index contributed by atoms with van der Waals surface area (Å²) in [6, 6.07) is 6.22. The van der Waals surface area contributed by atoms with E-state index in [1.165, 1.54) is 18.4 Å². The van der Waals surface area contributed by atoms with Crippen molar-refractivity contribution in [1.29, 1.82) is 0 Å². The van der Waals surface area contributed by atoms with Crippen LogP contribution < -0.4 is 5.32 Å². The predicted molar refractivity (Wildman–Crippen MR) is 66.1 cm³/mol. The highest BCUT2D eigenvalue weighted by molar-refractivity contribution is 5.44.